The first-order chi connectivity index (χ1) is 8.67. The summed E-state index contributed by atoms with van der Waals surface area (Å²) >= 11 is 0. The minimum atomic E-state index is -0.0412. The average molecular weight is 250 g/mol. The fraction of sp³-hybridized carbons (Fsp3) is 0.692. The molecule has 1 aromatic heterocycles. The number of rotatable bonds is 6. The Morgan fingerprint density at radius 3 is 2.78 bits per heavy atom. The zero-order valence-corrected chi connectivity index (χ0v) is 11.2. The SMILES string of the molecule is CCCc1[nH]nc(C(=O)N(CC)CC2CC2)c1N. The number of carbonyl (C=O) groups is 1. The second-order valence-electron chi connectivity index (χ2n) is 5.00. The molecule has 5 nitrogen and oxygen atoms in total. The third-order valence-corrected chi connectivity index (χ3v) is 3.43. The van der Waals surface area contributed by atoms with Gasteiger partial charge in [0.25, 0.3) is 5.91 Å². The molecule has 18 heavy (non-hydrogen) atoms. The molecular formula is C13H22N4O. The Morgan fingerprint density at radius 2 is 2.22 bits per heavy atom. The third kappa shape index (κ3) is 2.66. The molecule has 1 amide bonds. The highest BCUT2D eigenvalue weighted by molar-refractivity contribution is 5.97. The van der Waals surface area contributed by atoms with Crippen LogP contribution in [0.25, 0.3) is 0 Å². The highest BCUT2D eigenvalue weighted by Crippen LogP contribution is 2.30. The van der Waals surface area contributed by atoms with Gasteiger partial charge in [0.2, 0.25) is 0 Å². The standard InChI is InChI=1S/C13H22N4O/c1-3-5-10-11(14)12(16-15-10)13(18)17(4-2)8-9-6-7-9/h9H,3-8,14H2,1-2H3,(H,15,16). The van der Waals surface area contributed by atoms with Crippen LogP contribution in [0.3, 0.4) is 0 Å². The largest absolute Gasteiger partial charge is 0.395 e. The Balaban J connectivity index is 2.10. The van der Waals surface area contributed by atoms with E-state index < -0.39 is 0 Å². The van der Waals surface area contributed by atoms with Crippen LogP contribution in [0, 0.1) is 5.92 Å². The molecular weight excluding hydrogens is 228 g/mol. The number of aromatic amines is 1. The average Bonchev–Trinajstić information content (AvgIpc) is 3.11. The number of nitrogen functional groups attached to an aromatic ring is 1. The van der Waals surface area contributed by atoms with E-state index in [1.54, 1.807) is 0 Å². The monoisotopic (exact) mass is 250 g/mol. The summed E-state index contributed by atoms with van der Waals surface area (Å²) in [5, 5.41) is 6.97. The van der Waals surface area contributed by atoms with Crippen LogP contribution in [-0.4, -0.2) is 34.1 Å². The molecule has 0 spiro atoms. The number of nitrogens with one attached hydrogen (secondary N) is 1. The second-order valence-corrected chi connectivity index (χ2v) is 5.00. The van der Waals surface area contributed by atoms with E-state index in [2.05, 4.69) is 17.1 Å². The van der Waals surface area contributed by atoms with E-state index in [9.17, 15) is 4.79 Å². The van der Waals surface area contributed by atoms with Gasteiger partial charge in [-0.3, -0.25) is 9.89 Å². The molecule has 1 saturated carbocycles. The zero-order valence-electron chi connectivity index (χ0n) is 11.2. The molecule has 0 atom stereocenters. The van der Waals surface area contributed by atoms with Crippen molar-refractivity contribution < 1.29 is 4.79 Å². The van der Waals surface area contributed by atoms with Gasteiger partial charge in [0, 0.05) is 13.1 Å². The van der Waals surface area contributed by atoms with Crippen LogP contribution in [0.4, 0.5) is 5.69 Å². The lowest BCUT2D eigenvalue weighted by Gasteiger charge is -2.19. The zero-order chi connectivity index (χ0) is 13.1. The Morgan fingerprint density at radius 1 is 1.50 bits per heavy atom. The fourth-order valence-electron chi connectivity index (χ4n) is 2.11. The normalized spacial score (nSPS) is 14.8. The summed E-state index contributed by atoms with van der Waals surface area (Å²) in [5.41, 5.74) is 7.78. The number of aromatic nitrogens is 2. The molecule has 1 fully saturated rings. The van der Waals surface area contributed by atoms with E-state index in [0.717, 1.165) is 25.1 Å². The lowest BCUT2D eigenvalue weighted by atomic mass is 10.2. The molecule has 2 rings (SSSR count). The first-order valence-corrected chi connectivity index (χ1v) is 6.79. The minimum Gasteiger partial charge on any atom is -0.395 e. The van der Waals surface area contributed by atoms with Crippen molar-refractivity contribution in [3.63, 3.8) is 0 Å². The molecule has 1 heterocycles. The second kappa shape index (κ2) is 5.42. The summed E-state index contributed by atoms with van der Waals surface area (Å²) in [6.07, 6.45) is 4.29. The Labute approximate surface area is 108 Å². The molecule has 1 aliphatic rings. The number of hydrogen-bond donors (Lipinski definition) is 2. The molecule has 0 aromatic carbocycles. The Bertz CT molecular complexity index is 423. The molecule has 100 valence electrons. The smallest absolute Gasteiger partial charge is 0.276 e. The summed E-state index contributed by atoms with van der Waals surface area (Å²) in [6, 6.07) is 0. The number of H-pyrrole nitrogens is 1. The Hall–Kier alpha value is -1.52. The maximum Gasteiger partial charge on any atom is 0.276 e. The number of carbonyl (C=O) groups excluding carboxylic acids is 1. The number of aryl methyl sites for hydroxylation is 1. The van der Waals surface area contributed by atoms with Gasteiger partial charge in [0.05, 0.1) is 11.4 Å². The maximum absolute atomic E-state index is 12.3. The molecule has 0 radical (unpaired) electrons. The third-order valence-electron chi connectivity index (χ3n) is 3.43. The highest BCUT2D eigenvalue weighted by atomic mass is 16.2. The van der Waals surface area contributed by atoms with Crippen LogP contribution < -0.4 is 5.73 Å². The topological polar surface area (TPSA) is 75.0 Å². The molecule has 1 aromatic rings. The predicted molar refractivity (Wildman–Crippen MR) is 71.3 cm³/mol. The summed E-state index contributed by atoms with van der Waals surface area (Å²) in [4.78, 5) is 14.2. The van der Waals surface area contributed by atoms with Crippen molar-refractivity contribution in [2.24, 2.45) is 5.92 Å². The van der Waals surface area contributed by atoms with Crippen LogP contribution in [0.5, 0.6) is 0 Å². The van der Waals surface area contributed by atoms with Crippen LogP contribution in [-0.2, 0) is 6.42 Å². The predicted octanol–water partition coefficient (Wildman–Crippen LogP) is 1.82. The molecule has 0 aliphatic heterocycles. The van der Waals surface area contributed by atoms with Gasteiger partial charge in [-0.05, 0) is 32.1 Å². The van der Waals surface area contributed by atoms with Crippen molar-refractivity contribution in [2.45, 2.75) is 39.5 Å². The van der Waals surface area contributed by atoms with Crippen molar-refractivity contribution in [1.82, 2.24) is 15.1 Å². The van der Waals surface area contributed by atoms with E-state index in [1.165, 1.54) is 12.8 Å². The molecule has 1 aliphatic carbocycles. The van der Waals surface area contributed by atoms with Crippen LogP contribution in [0.15, 0.2) is 0 Å². The number of nitrogens with two attached hydrogens (primary N) is 1. The summed E-state index contributed by atoms with van der Waals surface area (Å²) in [5.74, 6) is 0.643. The minimum absolute atomic E-state index is 0.0412. The summed E-state index contributed by atoms with van der Waals surface area (Å²) < 4.78 is 0. The lowest BCUT2D eigenvalue weighted by molar-refractivity contribution is 0.0752. The van der Waals surface area contributed by atoms with Crippen LogP contribution in [0.2, 0.25) is 0 Å². The quantitative estimate of drug-likeness (QED) is 0.808. The van der Waals surface area contributed by atoms with Crippen molar-refractivity contribution in [3.05, 3.63) is 11.4 Å². The van der Waals surface area contributed by atoms with Crippen molar-refractivity contribution >= 4 is 11.6 Å². The van der Waals surface area contributed by atoms with Gasteiger partial charge in [0.15, 0.2) is 5.69 Å². The molecule has 3 N–H and O–H groups in total. The number of amides is 1. The van der Waals surface area contributed by atoms with Gasteiger partial charge in [-0.1, -0.05) is 13.3 Å². The number of nitrogens with zero attached hydrogens (tertiary/aromatic N) is 2. The van der Waals surface area contributed by atoms with Gasteiger partial charge in [0.1, 0.15) is 0 Å². The lowest BCUT2D eigenvalue weighted by Crippen LogP contribution is -2.33. The highest BCUT2D eigenvalue weighted by Gasteiger charge is 2.28. The van der Waals surface area contributed by atoms with Crippen molar-refractivity contribution in [2.75, 3.05) is 18.8 Å². The van der Waals surface area contributed by atoms with E-state index in [0.29, 0.717) is 23.8 Å². The number of anilines is 1. The van der Waals surface area contributed by atoms with Crippen molar-refractivity contribution in [1.29, 1.82) is 0 Å². The Kier molecular flexibility index (Phi) is 3.89. The maximum atomic E-state index is 12.3. The first kappa shape index (κ1) is 12.9. The fourth-order valence-corrected chi connectivity index (χ4v) is 2.11. The van der Waals surface area contributed by atoms with Gasteiger partial charge in [-0.25, -0.2) is 0 Å². The molecule has 0 saturated heterocycles. The van der Waals surface area contributed by atoms with E-state index in [1.807, 2.05) is 11.8 Å². The van der Waals surface area contributed by atoms with Gasteiger partial charge < -0.3 is 10.6 Å². The van der Waals surface area contributed by atoms with Gasteiger partial charge in [-0.2, -0.15) is 5.10 Å². The van der Waals surface area contributed by atoms with Gasteiger partial charge >= 0.3 is 0 Å². The first-order valence-electron chi connectivity index (χ1n) is 6.79. The molecule has 0 bridgehead atoms. The molecule has 5 heteroatoms. The van der Waals surface area contributed by atoms with Crippen LogP contribution >= 0.6 is 0 Å². The summed E-state index contributed by atoms with van der Waals surface area (Å²) in [6.45, 7) is 5.62. The van der Waals surface area contributed by atoms with Gasteiger partial charge in [-0.15, -0.1) is 0 Å². The number of hydrogen-bond acceptors (Lipinski definition) is 3. The summed E-state index contributed by atoms with van der Waals surface area (Å²) in [7, 11) is 0. The van der Waals surface area contributed by atoms with E-state index in [4.69, 9.17) is 5.73 Å². The van der Waals surface area contributed by atoms with E-state index in [-0.39, 0.29) is 5.91 Å². The molecule has 0 unspecified atom stereocenters. The van der Waals surface area contributed by atoms with Crippen molar-refractivity contribution in [3.8, 4) is 0 Å². The van der Waals surface area contributed by atoms with Crippen LogP contribution in [0.1, 0.15) is 49.3 Å². The van der Waals surface area contributed by atoms with E-state index >= 15 is 0 Å².